The molecule has 1 aromatic rings. The number of urea groups is 1. The van der Waals surface area contributed by atoms with Gasteiger partial charge in [-0.25, -0.2) is 9.59 Å². The Morgan fingerprint density at radius 1 is 1.37 bits per heavy atom. The smallest absolute Gasteiger partial charge is 0.326 e. The third kappa shape index (κ3) is 5.30. The molecule has 0 saturated heterocycles. The van der Waals surface area contributed by atoms with E-state index in [1.54, 1.807) is 12.1 Å². The molecule has 1 aromatic carbocycles. The second-order valence-corrected chi connectivity index (χ2v) is 5.21. The molecule has 104 valence electrons. The van der Waals surface area contributed by atoms with E-state index in [1.165, 1.54) is 0 Å². The summed E-state index contributed by atoms with van der Waals surface area (Å²) >= 11 is 3.34. The first kappa shape index (κ1) is 15.5. The van der Waals surface area contributed by atoms with E-state index in [9.17, 15) is 9.59 Å². The van der Waals surface area contributed by atoms with E-state index in [0.717, 1.165) is 10.0 Å². The third-order valence-corrected chi connectivity index (χ3v) is 2.94. The van der Waals surface area contributed by atoms with Crippen LogP contribution in [-0.2, 0) is 4.79 Å². The second kappa shape index (κ2) is 7.13. The van der Waals surface area contributed by atoms with Crippen molar-refractivity contribution in [2.45, 2.75) is 32.7 Å². The molecule has 0 spiro atoms. The molecular weight excluding hydrogens is 312 g/mol. The minimum absolute atomic E-state index is 0.403. The fourth-order valence-electron chi connectivity index (χ4n) is 1.68. The highest BCUT2D eigenvalue weighted by Gasteiger charge is 2.18. The Balaban J connectivity index is 2.66. The van der Waals surface area contributed by atoms with Crippen molar-refractivity contribution in [3.05, 3.63) is 28.2 Å². The monoisotopic (exact) mass is 328 g/mol. The topological polar surface area (TPSA) is 78.4 Å². The van der Waals surface area contributed by atoms with Crippen molar-refractivity contribution in [1.29, 1.82) is 0 Å². The summed E-state index contributed by atoms with van der Waals surface area (Å²) in [4.78, 5) is 22.7. The number of amides is 2. The van der Waals surface area contributed by atoms with E-state index in [4.69, 9.17) is 5.11 Å². The van der Waals surface area contributed by atoms with Gasteiger partial charge in [0.25, 0.3) is 0 Å². The van der Waals surface area contributed by atoms with Gasteiger partial charge in [0.15, 0.2) is 0 Å². The van der Waals surface area contributed by atoms with Crippen molar-refractivity contribution in [3.8, 4) is 0 Å². The summed E-state index contributed by atoms with van der Waals surface area (Å²) in [6, 6.07) is 4.10. The lowest BCUT2D eigenvalue weighted by molar-refractivity contribution is -0.139. The van der Waals surface area contributed by atoms with Crippen molar-refractivity contribution in [2.75, 3.05) is 5.32 Å². The van der Waals surface area contributed by atoms with Gasteiger partial charge in [0, 0.05) is 10.2 Å². The number of halogens is 1. The van der Waals surface area contributed by atoms with Gasteiger partial charge in [-0.3, -0.25) is 0 Å². The predicted octanol–water partition coefficient (Wildman–Crippen LogP) is 3.13. The molecule has 5 nitrogen and oxygen atoms in total. The first-order chi connectivity index (χ1) is 8.92. The molecule has 1 rings (SSSR count). The van der Waals surface area contributed by atoms with E-state index < -0.39 is 18.0 Å². The average molecular weight is 329 g/mol. The number of hydrogen-bond acceptors (Lipinski definition) is 2. The Bertz CT molecular complexity index is 457. The van der Waals surface area contributed by atoms with Crippen LogP contribution in [0.4, 0.5) is 10.5 Å². The fraction of sp³-hybridized carbons (Fsp3) is 0.385. The molecule has 0 radical (unpaired) electrons. The molecule has 2 amide bonds. The Morgan fingerprint density at radius 2 is 2.05 bits per heavy atom. The summed E-state index contributed by atoms with van der Waals surface area (Å²) < 4.78 is 0.853. The standard InChI is InChI=1S/C13H17BrN2O3/c1-3-4-11(12(17)18)16-13(19)15-10-6-8(2)5-9(14)7-10/h5-7,11H,3-4H2,1-2H3,(H,17,18)(H2,15,16,19)/t11-/m0/s1. The molecule has 0 fully saturated rings. The molecule has 0 unspecified atom stereocenters. The number of hydrogen-bond donors (Lipinski definition) is 3. The van der Waals surface area contributed by atoms with Crippen LogP contribution in [-0.4, -0.2) is 23.1 Å². The van der Waals surface area contributed by atoms with Crippen molar-refractivity contribution < 1.29 is 14.7 Å². The summed E-state index contributed by atoms with van der Waals surface area (Å²) in [5.41, 5.74) is 1.61. The zero-order valence-electron chi connectivity index (χ0n) is 10.9. The summed E-state index contributed by atoms with van der Waals surface area (Å²) in [7, 11) is 0. The van der Waals surface area contributed by atoms with Crippen LogP contribution in [0.25, 0.3) is 0 Å². The van der Waals surface area contributed by atoms with Gasteiger partial charge in [-0.1, -0.05) is 29.3 Å². The maximum absolute atomic E-state index is 11.7. The Labute approximate surface area is 120 Å². The van der Waals surface area contributed by atoms with Crippen LogP contribution in [0, 0.1) is 6.92 Å². The molecule has 6 heteroatoms. The van der Waals surface area contributed by atoms with Gasteiger partial charge in [-0.05, 0) is 37.1 Å². The number of aryl methyl sites for hydroxylation is 1. The SMILES string of the molecule is CCC[C@H](NC(=O)Nc1cc(C)cc(Br)c1)C(=O)O. The maximum atomic E-state index is 11.7. The third-order valence-electron chi connectivity index (χ3n) is 2.48. The largest absolute Gasteiger partial charge is 0.480 e. The first-order valence-electron chi connectivity index (χ1n) is 6.00. The quantitative estimate of drug-likeness (QED) is 0.776. The number of nitrogens with one attached hydrogen (secondary N) is 2. The predicted molar refractivity (Wildman–Crippen MR) is 77.4 cm³/mol. The van der Waals surface area contributed by atoms with Crippen LogP contribution in [0.15, 0.2) is 22.7 Å². The van der Waals surface area contributed by atoms with Crippen molar-refractivity contribution in [2.24, 2.45) is 0 Å². The lowest BCUT2D eigenvalue weighted by Gasteiger charge is -2.14. The van der Waals surface area contributed by atoms with Crippen LogP contribution in [0.2, 0.25) is 0 Å². The highest BCUT2D eigenvalue weighted by Crippen LogP contribution is 2.18. The van der Waals surface area contributed by atoms with Crippen LogP contribution < -0.4 is 10.6 Å². The van der Waals surface area contributed by atoms with E-state index in [-0.39, 0.29) is 0 Å². The second-order valence-electron chi connectivity index (χ2n) is 4.30. The summed E-state index contributed by atoms with van der Waals surface area (Å²) in [6.45, 7) is 3.78. The van der Waals surface area contributed by atoms with Gasteiger partial charge in [0.2, 0.25) is 0 Å². The highest BCUT2D eigenvalue weighted by molar-refractivity contribution is 9.10. The Hall–Kier alpha value is -1.56. The molecule has 0 bridgehead atoms. The molecule has 0 saturated carbocycles. The number of rotatable bonds is 5. The lowest BCUT2D eigenvalue weighted by atomic mass is 10.2. The summed E-state index contributed by atoms with van der Waals surface area (Å²) in [5.74, 6) is -1.03. The molecule has 19 heavy (non-hydrogen) atoms. The number of benzene rings is 1. The number of aliphatic carboxylic acids is 1. The molecule has 0 aliphatic rings. The molecule has 1 atom stereocenters. The van der Waals surface area contributed by atoms with E-state index in [1.807, 2.05) is 19.9 Å². The van der Waals surface area contributed by atoms with Gasteiger partial charge < -0.3 is 15.7 Å². The van der Waals surface area contributed by atoms with Gasteiger partial charge in [-0.2, -0.15) is 0 Å². The minimum Gasteiger partial charge on any atom is -0.480 e. The van der Waals surface area contributed by atoms with Crippen molar-refractivity contribution in [3.63, 3.8) is 0 Å². The lowest BCUT2D eigenvalue weighted by Crippen LogP contribution is -2.42. The Morgan fingerprint density at radius 3 is 2.58 bits per heavy atom. The molecule has 0 aliphatic heterocycles. The number of carboxylic acids is 1. The zero-order chi connectivity index (χ0) is 14.4. The van der Waals surface area contributed by atoms with Crippen molar-refractivity contribution in [1.82, 2.24) is 5.32 Å². The average Bonchev–Trinajstić information content (AvgIpc) is 2.26. The van der Waals surface area contributed by atoms with E-state index >= 15 is 0 Å². The Kier molecular flexibility index (Phi) is 5.82. The van der Waals surface area contributed by atoms with Crippen LogP contribution in [0.5, 0.6) is 0 Å². The molecular formula is C13H17BrN2O3. The number of carbonyl (C=O) groups is 2. The minimum atomic E-state index is -1.03. The molecule has 0 aliphatic carbocycles. The van der Waals surface area contributed by atoms with Crippen molar-refractivity contribution >= 4 is 33.6 Å². The van der Waals surface area contributed by atoms with Gasteiger partial charge >= 0.3 is 12.0 Å². The van der Waals surface area contributed by atoms with Crippen LogP contribution in [0.1, 0.15) is 25.3 Å². The van der Waals surface area contributed by atoms with E-state index in [0.29, 0.717) is 18.5 Å². The fourth-order valence-corrected chi connectivity index (χ4v) is 2.29. The van der Waals surface area contributed by atoms with Gasteiger partial charge in [0.05, 0.1) is 0 Å². The van der Waals surface area contributed by atoms with E-state index in [2.05, 4.69) is 26.6 Å². The normalized spacial score (nSPS) is 11.7. The zero-order valence-corrected chi connectivity index (χ0v) is 12.5. The van der Waals surface area contributed by atoms with Crippen LogP contribution >= 0.6 is 15.9 Å². The summed E-state index contributed by atoms with van der Waals surface area (Å²) in [5, 5.41) is 14.0. The number of carboxylic acid groups (broad SMARTS) is 1. The number of carbonyl (C=O) groups excluding carboxylic acids is 1. The van der Waals surface area contributed by atoms with Crippen LogP contribution in [0.3, 0.4) is 0 Å². The maximum Gasteiger partial charge on any atom is 0.326 e. The van der Waals surface area contributed by atoms with Gasteiger partial charge in [0.1, 0.15) is 6.04 Å². The molecule has 0 heterocycles. The molecule has 0 aromatic heterocycles. The molecule has 3 N–H and O–H groups in total. The summed E-state index contributed by atoms with van der Waals surface area (Å²) in [6.07, 6.45) is 1.09. The highest BCUT2D eigenvalue weighted by atomic mass is 79.9. The van der Waals surface area contributed by atoms with Gasteiger partial charge in [-0.15, -0.1) is 0 Å². The first-order valence-corrected chi connectivity index (χ1v) is 6.79. The number of anilines is 1.